The van der Waals surface area contributed by atoms with Crippen LogP contribution in [0.15, 0.2) is 36.5 Å². The summed E-state index contributed by atoms with van der Waals surface area (Å²) in [7, 11) is 0. The predicted octanol–water partition coefficient (Wildman–Crippen LogP) is 5.21. The van der Waals surface area contributed by atoms with Crippen LogP contribution in [0.4, 0.5) is 30.0 Å². The summed E-state index contributed by atoms with van der Waals surface area (Å²) in [5, 5.41) is 7.60. The molecule has 0 bridgehead atoms. The number of amides is 3. The molecule has 0 spiro atoms. The fourth-order valence-corrected chi connectivity index (χ4v) is 5.41. The van der Waals surface area contributed by atoms with Crippen molar-refractivity contribution >= 4 is 29.4 Å². The first kappa shape index (κ1) is 27.6. The van der Waals surface area contributed by atoms with Crippen LogP contribution in [0, 0.1) is 11.6 Å². The first-order valence-corrected chi connectivity index (χ1v) is 13.5. The Labute approximate surface area is 231 Å². The first-order valence-electron chi connectivity index (χ1n) is 13.5. The molecule has 0 radical (unpaired) electrons. The number of benzene rings is 1. The number of urea groups is 1. The molecule has 2 saturated heterocycles. The monoisotopic (exact) mass is 555 g/mol. The summed E-state index contributed by atoms with van der Waals surface area (Å²) in [4.78, 5) is 35.6. The Morgan fingerprint density at radius 2 is 1.88 bits per heavy atom. The Balaban J connectivity index is 1.32. The highest BCUT2D eigenvalue weighted by Crippen LogP contribution is 2.37. The van der Waals surface area contributed by atoms with E-state index in [1.54, 1.807) is 21.9 Å². The second-order valence-corrected chi connectivity index (χ2v) is 11.9. The minimum absolute atomic E-state index is 0.298. The number of piperazine rings is 1. The summed E-state index contributed by atoms with van der Waals surface area (Å²) in [5.74, 6) is 0.00667. The fraction of sp³-hybridized carbons (Fsp3) is 0.500. The van der Waals surface area contributed by atoms with E-state index >= 15 is 0 Å². The molecule has 0 saturated carbocycles. The molecule has 3 aromatic rings. The van der Waals surface area contributed by atoms with E-state index in [1.165, 1.54) is 16.8 Å². The normalized spacial score (nSPS) is 19.3. The van der Waals surface area contributed by atoms with Crippen molar-refractivity contribution in [2.24, 2.45) is 0 Å². The van der Waals surface area contributed by atoms with Gasteiger partial charge in [-0.15, -0.1) is 5.10 Å². The van der Waals surface area contributed by atoms with E-state index < -0.39 is 28.9 Å². The van der Waals surface area contributed by atoms with Crippen molar-refractivity contribution < 1.29 is 23.1 Å². The number of nitrogens with zero attached hydrogens (tertiary/aromatic N) is 6. The van der Waals surface area contributed by atoms with Crippen molar-refractivity contribution in [3.05, 3.63) is 53.7 Å². The van der Waals surface area contributed by atoms with Crippen molar-refractivity contribution in [1.82, 2.24) is 24.4 Å². The zero-order valence-corrected chi connectivity index (χ0v) is 23.4. The predicted molar refractivity (Wildman–Crippen MR) is 146 cm³/mol. The minimum atomic E-state index is -0.639. The number of hydrogen-bond donors (Lipinski definition) is 1. The molecule has 2 fully saturated rings. The van der Waals surface area contributed by atoms with Crippen LogP contribution in [0.3, 0.4) is 0 Å². The number of aromatic nitrogens is 3. The summed E-state index contributed by atoms with van der Waals surface area (Å²) in [6, 6.07) is 6.37. The van der Waals surface area contributed by atoms with E-state index in [0.717, 1.165) is 18.6 Å². The largest absolute Gasteiger partial charge is 0.444 e. The van der Waals surface area contributed by atoms with Crippen LogP contribution in [-0.4, -0.2) is 73.8 Å². The average Bonchev–Trinajstić information content (AvgIpc) is 3.51. The maximum absolute atomic E-state index is 14.6. The molecule has 1 N–H and O–H groups in total. The van der Waals surface area contributed by atoms with Crippen LogP contribution in [0.2, 0.25) is 0 Å². The third-order valence-corrected chi connectivity index (χ3v) is 7.25. The van der Waals surface area contributed by atoms with Crippen molar-refractivity contribution in [2.45, 2.75) is 64.6 Å². The molecular weight excluding hydrogens is 520 g/mol. The molecule has 0 aliphatic carbocycles. The Morgan fingerprint density at radius 1 is 1.10 bits per heavy atom. The van der Waals surface area contributed by atoms with Gasteiger partial charge in [0, 0.05) is 31.7 Å². The number of rotatable bonds is 3. The van der Waals surface area contributed by atoms with Gasteiger partial charge >= 0.3 is 12.1 Å². The number of halogens is 2. The van der Waals surface area contributed by atoms with E-state index in [0.29, 0.717) is 55.4 Å². The number of fused-ring (bicyclic) bond motifs is 1. The van der Waals surface area contributed by atoms with Crippen LogP contribution >= 0.6 is 0 Å². The van der Waals surface area contributed by atoms with Gasteiger partial charge in [-0.05, 0) is 77.8 Å². The number of hydrogen-bond acceptors (Lipinski definition) is 6. The lowest BCUT2D eigenvalue weighted by molar-refractivity contribution is -0.0160. The van der Waals surface area contributed by atoms with Crippen molar-refractivity contribution in [3.8, 4) is 0 Å². The molecule has 40 heavy (non-hydrogen) atoms. The molecule has 4 heterocycles. The van der Waals surface area contributed by atoms with Crippen LogP contribution in [0.25, 0.3) is 5.65 Å². The molecule has 3 amide bonds. The molecule has 10 nitrogen and oxygen atoms in total. The highest BCUT2D eigenvalue weighted by molar-refractivity contribution is 5.89. The van der Waals surface area contributed by atoms with Crippen LogP contribution < -0.4 is 10.2 Å². The van der Waals surface area contributed by atoms with Crippen molar-refractivity contribution in [3.63, 3.8) is 0 Å². The van der Waals surface area contributed by atoms with E-state index in [9.17, 15) is 18.4 Å². The summed E-state index contributed by atoms with van der Waals surface area (Å²) >= 11 is 0. The number of imidazole rings is 1. The number of nitrogens with one attached hydrogen (secondary N) is 1. The Kier molecular flexibility index (Phi) is 7.05. The van der Waals surface area contributed by atoms with Gasteiger partial charge in [0.1, 0.15) is 23.1 Å². The van der Waals surface area contributed by atoms with Gasteiger partial charge in [0.25, 0.3) is 0 Å². The van der Waals surface area contributed by atoms with Crippen LogP contribution in [0.1, 0.15) is 59.1 Å². The number of carbonyl (C=O) groups excluding carboxylic acids is 2. The minimum Gasteiger partial charge on any atom is -0.444 e. The van der Waals surface area contributed by atoms with Gasteiger partial charge in [-0.25, -0.2) is 23.4 Å². The van der Waals surface area contributed by atoms with Gasteiger partial charge in [-0.3, -0.25) is 10.2 Å². The SMILES string of the molecule is CC(C)(C)OC(=O)N1CCN(C(=O)Nc2cnc3ccc(N4CCCC4c4cc(F)ccc4F)nn23)CC1(C)C. The lowest BCUT2D eigenvalue weighted by atomic mass is 9.99. The number of ether oxygens (including phenoxy) is 1. The highest BCUT2D eigenvalue weighted by atomic mass is 19.1. The zero-order chi connectivity index (χ0) is 28.8. The molecule has 12 heteroatoms. The van der Waals surface area contributed by atoms with E-state index in [2.05, 4.69) is 10.3 Å². The smallest absolute Gasteiger partial charge is 0.410 e. The topological polar surface area (TPSA) is 95.3 Å². The van der Waals surface area contributed by atoms with Gasteiger partial charge in [-0.2, -0.15) is 4.52 Å². The maximum atomic E-state index is 14.6. The second-order valence-electron chi connectivity index (χ2n) is 11.9. The number of anilines is 2. The quantitative estimate of drug-likeness (QED) is 0.477. The molecule has 2 aromatic heterocycles. The van der Waals surface area contributed by atoms with Gasteiger partial charge in [0.15, 0.2) is 11.5 Å². The lowest BCUT2D eigenvalue weighted by Crippen LogP contribution is -2.63. The molecule has 1 atom stereocenters. The molecule has 5 rings (SSSR count). The van der Waals surface area contributed by atoms with Gasteiger partial charge in [0.2, 0.25) is 0 Å². The zero-order valence-electron chi connectivity index (χ0n) is 23.4. The Hall–Kier alpha value is -3.96. The van der Waals surface area contributed by atoms with Gasteiger partial charge in [-0.1, -0.05) is 0 Å². The Morgan fingerprint density at radius 3 is 2.60 bits per heavy atom. The van der Waals surface area contributed by atoms with Crippen LogP contribution in [-0.2, 0) is 4.74 Å². The lowest BCUT2D eigenvalue weighted by Gasteiger charge is -2.46. The number of carbonyl (C=O) groups is 2. The summed E-state index contributed by atoms with van der Waals surface area (Å²) < 4.78 is 35.6. The third kappa shape index (κ3) is 5.52. The highest BCUT2D eigenvalue weighted by Gasteiger charge is 2.40. The van der Waals surface area contributed by atoms with E-state index in [1.807, 2.05) is 39.5 Å². The maximum Gasteiger partial charge on any atom is 0.410 e. The average molecular weight is 556 g/mol. The van der Waals surface area contributed by atoms with Gasteiger partial charge < -0.3 is 14.5 Å². The molecule has 214 valence electrons. The second kappa shape index (κ2) is 10.2. The third-order valence-electron chi connectivity index (χ3n) is 7.25. The molecule has 2 aliphatic rings. The summed E-state index contributed by atoms with van der Waals surface area (Å²) in [6.45, 7) is 10.9. The summed E-state index contributed by atoms with van der Waals surface area (Å²) in [6.07, 6.45) is 2.59. The van der Waals surface area contributed by atoms with Crippen molar-refractivity contribution in [1.29, 1.82) is 0 Å². The van der Waals surface area contributed by atoms with E-state index in [4.69, 9.17) is 9.84 Å². The van der Waals surface area contributed by atoms with Crippen molar-refractivity contribution in [2.75, 3.05) is 36.4 Å². The Bertz CT molecular complexity index is 1440. The van der Waals surface area contributed by atoms with Gasteiger partial charge in [0.05, 0.1) is 17.8 Å². The van der Waals surface area contributed by atoms with E-state index in [-0.39, 0.29) is 12.1 Å². The standard InChI is InChI=1S/C28H35F2N7O3/c1-27(2,3)40-26(39)36-14-13-34(17-28(36,4)5)25(38)32-24-16-31-22-10-11-23(33-37(22)24)35-12-6-7-21(35)19-15-18(29)8-9-20(19)30/h8-11,15-16,21H,6-7,12-14,17H2,1-5H3,(H,32,38). The summed E-state index contributed by atoms with van der Waals surface area (Å²) in [5.41, 5.74) is -0.426. The molecule has 1 aromatic carbocycles. The first-order chi connectivity index (χ1) is 18.8. The van der Waals surface area contributed by atoms with Crippen LogP contribution in [0.5, 0.6) is 0 Å². The molecule has 2 aliphatic heterocycles. The molecular formula is C28H35F2N7O3. The molecule has 1 unspecified atom stereocenters. The fourth-order valence-electron chi connectivity index (χ4n) is 5.41.